The number of carbonyl (C=O) groups excluding carboxylic acids is 1. The molecule has 0 aliphatic carbocycles. The zero-order valence-corrected chi connectivity index (χ0v) is 8.53. The quantitative estimate of drug-likeness (QED) is 0.698. The zero-order valence-electron chi connectivity index (χ0n) is 8.53. The number of quaternary nitrogens is 1. The Bertz CT molecular complexity index is 373. The molecule has 3 N–H and O–H groups in total. The van der Waals surface area contributed by atoms with Gasteiger partial charge in [-0.1, -0.05) is 18.2 Å². The number of hydrogen-bond acceptors (Lipinski definition) is 1. The number of benzene rings is 1. The first kappa shape index (κ1) is 9.21. The van der Waals surface area contributed by atoms with Gasteiger partial charge >= 0.3 is 0 Å². The second-order valence-corrected chi connectivity index (χ2v) is 3.91. The van der Waals surface area contributed by atoms with Crippen LogP contribution in [0.2, 0.25) is 0 Å². The van der Waals surface area contributed by atoms with Crippen molar-refractivity contribution in [2.45, 2.75) is 25.9 Å². The number of hydrogen-bond donors (Lipinski definition) is 1. The van der Waals surface area contributed by atoms with E-state index in [4.69, 9.17) is 0 Å². The van der Waals surface area contributed by atoms with Crippen molar-refractivity contribution in [3.8, 4) is 0 Å². The lowest BCUT2D eigenvalue weighted by atomic mass is 10.1. The standard InChI is InChI=1S/C11H14N2O/c1-7(2)13-9-6-4-3-5-8(9)10(12)11(13)14/h3-7,10H,12H2,1-2H3/p+1/t10-/m1/s1. The first-order chi connectivity index (χ1) is 6.63. The highest BCUT2D eigenvalue weighted by Gasteiger charge is 2.38. The predicted molar refractivity (Wildman–Crippen MR) is 54.7 cm³/mol. The van der Waals surface area contributed by atoms with Gasteiger partial charge in [0, 0.05) is 11.6 Å². The third kappa shape index (κ3) is 1.13. The van der Waals surface area contributed by atoms with E-state index in [-0.39, 0.29) is 18.0 Å². The van der Waals surface area contributed by atoms with Crippen LogP contribution in [0.15, 0.2) is 24.3 Å². The Morgan fingerprint density at radius 1 is 1.36 bits per heavy atom. The van der Waals surface area contributed by atoms with Crippen molar-refractivity contribution in [2.75, 3.05) is 4.90 Å². The molecule has 3 heteroatoms. The first-order valence-corrected chi connectivity index (χ1v) is 4.88. The third-order valence-electron chi connectivity index (χ3n) is 2.62. The number of rotatable bonds is 1. The van der Waals surface area contributed by atoms with Crippen LogP contribution in [0.3, 0.4) is 0 Å². The Morgan fingerprint density at radius 3 is 2.64 bits per heavy atom. The molecule has 3 nitrogen and oxygen atoms in total. The summed E-state index contributed by atoms with van der Waals surface area (Å²) in [5, 5.41) is 0. The molecule has 0 spiro atoms. The average Bonchev–Trinajstić information content (AvgIpc) is 2.41. The van der Waals surface area contributed by atoms with E-state index in [9.17, 15) is 4.79 Å². The van der Waals surface area contributed by atoms with Crippen molar-refractivity contribution in [1.82, 2.24) is 0 Å². The van der Waals surface area contributed by atoms with Crippen LogP contribution in [0.25, 0.3) is 0 Å². The molecule has 1 aromatic carbocycles. The lowest BCUT2D eigenvalue weighted by Crippen LogP contribution is -2.58. The zero-order chi connectivity index (χ0) is 10.3. The Labute approximate surface area is 83.5 Å². The molecule has 0 bridgehead atoms. The highest BCUT2D eigenvalue weighted by Crippen LogP contribution is 2.34. The maximum atomic E-state index is 11.9. The predicted octanol–water partition coefficient (Wildman–Crippen LogP) is 0.725. The molecule has 1 atom stereocenters. The number of carbonyl (C=O) groups is 1. The van der Waals surface area contributed by atoms with E-state index in [2.05, 4.69) is 5.73 Å². The fraction of sp³-hybridized carbons (Fsp3) is 0.364. The number of fused-ring (bicyclic) bond motifs is 1. The van der Waals surface area contributed by atoms with Crippen molar-refractivity contribution in [2.24, 2.45) is 0 Å². The minimum atomic E-state index is -0.228. The maximum Gasteiger partial charge on any atom is 0.290 e. The van der Waals surface area contributed by atoms with Crippen molar-refractivity contribution in [3.63, 3.8) is 0 Å². The largest absolute Gasteiger partial charge is 0.343 e. The molecule has 1 aliphatic heterocycles. The Balaban J connectivity index is 2.53. The number of para-hydroxylation sites is 1. The normalized spacial score (nSPS) is 20.4. The SMILES string of the molecule is CC(C)N1C(=O)[C@H]([NH3+])c2ccccc21. The molecule has 74 valence electrons. The molecule has 0 unspecified atom stereocenters. The summed E-state index contributed by atoms with van der Waals surface area (Å²) < 4.78 is 0. The van der Waals surface area contributed by atoms with Gasteiger partial charge in [0.25, 0.3) is 5.91 Å². The number of nitrogens with zero attached hydrogens (tertiary/aromatic N) is 1. The molecule has 0 aromatic heterocycles. The van der Waals surface area contributed by atoms with Crippen molar-refractivity contribution in [3.05, 3.63) is 29.8 Å². The van der Waals surface area contributed by atoms with Gasteiger partial charge in [-0.25, -0.2) is 0 Å². The molecule has 0 saturated heterocycles. The fourth-order valence-corrected chi connectivity index (χ4v) is 1.95. The summed E-state index contributed by atoms with van der Waals surface area (Å²) in [6, 6.07) is 7.85. The van der Waals surface area contributed by atoms with Crippen LogP contribution in [-0.2, 0) is 4.79 Å². The molecule has 1 aliphatic rings. The van der Waals surface area contributed by atoms with E-state index in [0.717, 1.165) is 11.3 Å². The van der Waals surface area contributed by atoms with Gasteiger partial charge < -0.3 is 10.6 Å². The van der Waals surface area contributed by atoms with Gasteiger partial charge in [-0.05, 0) is 19.9 Å². The van der Waals surface area contributed by atoms with E-state index >= 15 is 0 Å². The molecule has 2 rings (SSSR count). The van der Waals surface area contributed by atoms with Gasteiger partial charge in [0.05, 0.1) is 5.69 Å². The molecular formula is C11H15N2O+. The van der Waals surface area contributed by atoms with Crippen LogP contribution in [0.1, 0.15) is 25.5 Å². The Kier molecular flexibility index (Phi) is 2.04. The summed E-state index contributed by atoms with van der Waals surface area (Å²) in [4.78, 5) is 13.7. The van der Waals surface area contributed by atoms with Crippen LogP contribution in [-0.4, -0.2) is 11.9 Å². The Hall–Kier alpha value is -1.35. The van der Waals surface area contributed by atoms with Gasteiger partial charge in [0.15, 0.2) is 6.04 Å². The smallest absolute Gasteiger partial charge is 0.290 e. The molecule has 1 heterocycles. The molecule has 1 aromatic rings. The van der Waals surface area contributed by atoms with E-state index < -0.39 is 0 Å². The van der Waals surface area contributed by atoms with E-state index in [1.54, 1.807) is 0 Å². The van der Waals surface area contributed by atoms with E-state index in [1.165, 1.54) is 0 Å². The summed E-state index contributed by atoms with van der Waals surface area (Å²) >= 11 is 0. The molecule has 0 fully saturated rings. The van der Waals surface area contributed by atoms with Crippen LogP contribution in [0, 0.1) is 0 Å². The van der Waals surface area contributed by atoms with E-state index in [0.29, 0.717) is 0 Å². The third-order valence-corrected chi connectivity index (χ3v) is 2.62. The van der Waals surface area contributed by atoms with Crippen LogP contribution in [0.5, 0.6) is 0 Å². The van der Waals surface area contributed by atoms with Crippen LogP contribution in [0.4, 0.5) is 5.69 Å². The second-order valence-electron chi connectivity index (χ2n) is 3.91. The lowest BCUT2D eigenvalue weighted by molar-refractivity contribution is -0.407. The fourth-order valence-electron chi connectivity index (χ4n) is 1.95. The summed E-state index contributed by atoms with van der Waals surface area (Å²) in [6.07, 6.45) is 0. The molecule has 0 radical (unpaired) electrons. The van der Waals surface area contributed by atoms with Gasteiger partial charge in [-0.2, -0.15) is 0 Å². The average molecular weight is 191 g/mol. The van der Waals surface area contributed by atoms with Crippen molar-refractivity contribution in [1.29, 1.82) is 0 Å². The number of anilines is 1. The van der Waals surface area contributed by atoms with Crippen molar-refractivity contribution >= 4 is 11.6 Å². The molecule has 0 saturated carbocycles. The van der Waals surface area contributed by atoms with Crippen LogP contribution < -0.4 is 10.6 Å². The Morgan fingerprint density at radius 2 is 2.00 bits per heavy atom. The number of amides is 1. The first-order valence-electron chi connectivity index (χ1n) is 4.88. The van der Waals surface area contributed by atoms with Gasteiger partial charge in [-0.3, -0.25) is 4.79 Å². The minimum absolute atomic E-state index is 0.112. The molecule has 14 heavy (non-hydrogen) atoms. The highest BCUT2D eigenvalue weighted by molar-refractivity contribution is 6.03. The van der Waals surface area contributed by atoms with Crippen molar-refractivity contribution < 1.29 is 10.5 Å². The molecular weight excluding hydrogens is 176 g/mol. The van der Waals surface area contributed by atoms with E-state index in [1.807, 2.05) is 43.0 Å². The minimum Gasteiger partial charge on any atom is -0.343 e. The summed E-state index contributed by atoms with van der Waals surface area (Å²) in [6.45, 7) is 4.04. The van der Waals surface area contributed by atoms with Gasteiger partial charge in [-0.15, -0.1) is 0 Å². The summed E-state index contributed by atoms with van der Waals surface area (Å²) in [5.74, 6) is 0.112. The summed E-state index contributed by atoms with van der Waals surface area (Å²) in [5.41, 5.74) is 5.97. The lowest BCUT2D eigenvalue weighted by Gasteiger charge is -2.20. The molecule has 1 amide bonds. The second kappa shape index (κ2) is 3.10. The van der Waals surface area contributed by atoms with Gasteiger partial charge in [0.1, 0.15) is 0 Å². The highest BCUT2D eigenvalue weighted by atomic mass is 16.2. The monoisotopic (exact) mass is 191 g/mol. The topological polar surface area (TPSA) is 48.0 Å². The maximum absolute atomic E-state index is 11.9. The van der Waals surface area contributed by atoms with Gasteiger partial charge in [0.2, 0.25) is 0 Å². The van der Waals surface area contributed by atoms with Crippen LogP contribution >= 0.6 is 0 Å². The summed E-state index contributed by atoms with van der Waals surface area (Å²) in [7, 11) is 0.